The van der Waals surface area contributed by atoms with E-state index in [4.69, 9.17) is 4.74 Å². The minimum absolute atomic E-state index is 0.0413. The summed E-state index contributed by atoms with van der Waals surface area (Å²) in [6.45, 7) is 3.13. The van der Waals surface area contributed by atoms with E-state index in [0.717, 1.165) is 5.33 Å². The van der Waals surface area contributed by atoms with Gasteiger partial charge in [0.1, 0.15) is 0 Å². The molecule has 2 atom stereocenters. The number of alkyl halides is 1. The largest absolute Gasteiger partial charge is 0.371 e. The van der Waals surface area contributed by atoms with Crippen LogP contribution in [0.2, 0.25) is 0 Å². The predicted octanol–water partition coefficient (Wildman–Crippen LogP) is 0.429. The van der Waals surface area contributed by atoms with Crippen molar-refractivity contribution in [2.45, 2.75) is 19.1 Å². The normalized spacial score (nSPS) is 25.8. The first-order valence-corrected chi connectivity index (χ1v) is 6.19. The molecule has 0 spiro atoms. The number of carbonyl (C=O) groups excluding carboxylic acids is 1. The number of aromatic nitrogens is 3. The highest BCUT2D eigenvalue weighted by Gasteiger charge is 2.29. The summed E-state index contributed by atoms with van der Waals surface area (Å²) in [6, 6.07) is 0. The summed E-state index contributed by atoms with van der Waals surface area (Å²) in [6.07, 6.45) is 1.53. The van der Waals surface area contributed by atoms with Crippen LogP contribution in [0.25, 0.3) is 0 Å². The Labute approximate surface area is 101 Å². The van der Waals surface area contributed by atoms with E-state index in [9.17, 15) is 4.79 Å². The van der Waals surface area contributed by atoms with E-state index in [2.05, 4.69) is 31.3 Å². The molecule has 16 heavy (non-hydrogen) atoms. The predicted molar refractivity (Wildman–Crippen MR) is 60.4 cm³/mol. The topological polar surface area (TPSA) is 71.1 Å². The van der Waals surface area contributed by atoms with E-state index in [-0.39, 0.29) is 18.1 Å². The van der Waals surface area contributed by atoms with E-state index >= 15 is 0 Å². The Morgan fingerprint density at radius 2 is 2.56 bits per heavy atom. The second-order valence-corrected chi connectivity index (χ2v) is 4.44. The van der Waals surface area contributed by atoms with Crippen molar-refractivity contribution in [2.75, 3.05) is 18.4 Å². The van der Waals surface area contributed by atoms with Crippen molar-refractivity contribution in [3.8, 4) is 0 Å². The van der Waals surface area contributed by atoms with Crippen molar-refractivity contribution < 1.29 is 9.53 Å². The third kappa shape index (κ3) is 2.41. The number of nitrogens with one attached hydrogen (secondary N) is 1. The summed E-state index contributed by atoms with van der Waals surface area (Å²) >= 11 is 3.37. The molecule has 1 aliphatic heterocycles. The number of rotatable bonds is 2. The van der Waals surface area contributed by atoms with Gasteiger partial charge >= 0.3 is 0 Å². The highest BCUT2D eigenvalue weighted by Crippen LogP contribution is 2.14. The fraction of sp³-hybridized carbons (Fsp3) is 0.667. The molecular weight excluding hydrogens is 276 g/mol. The van der Waals surface area contributed by atoms with Crippen LogP contribution >= 0.6 is 15.9 Å². The number of halogens is 1. The van der Waals surface area contributed by atoms with Crippen LogP contribution < -0.4 is 0 Å². The molecule has 0 aliphatic carbocycles. The minimum atomic E-state index is -0.102. The van der Waals surface area contributed by atoms with Crippen LogP contribution in [0.3, 0.4) is 0 Å². The maximum atomic E-state index is 12.0. The molecule has 0 bridgehead atoms. The lowest BCUT2D eigenvalue weighted by atomic mass is 10.2. The Hall–Kier alpha value is -0.950. The van der Waals surface area contributed by atoms with Crippen molar-refractivity contribution in [1.29, 1.82) is 0 Å². The van der Waals surface area contributed by atoms with E-state index in [0.29, 0.717) is 18.8 Å². The molecule has 1 aliphatic rings. The first-order valence-electron chi connectivity index (χ1n) is 5.07. The Balaban J connectivity index is 2.06. The van der Waals surface area contributed by atoms with Gasteiger partial charge < -0.3 is 9.64 Å². The van der Waals surface area contributed by atoms with Gasteiger partial charge in [0.25, 0.3) is 5.91 Å². The van der Waals surface area contributed by atoms with Crippen LogP contribution in [0, 0.1) is 0 Å². The number of carbonyl (C=O) groups is 1. The number of H-pyrrole nitrogens is 1. The summed E-state index contributed by atoms with van der Waals surface area (Å²) < 4.78 is 5.65. The summed E-state index contributed by atoms with van der Waals surface area (Å²) in [5.74, 6) is -0.102. The van der Waals surface area contributed by atoms with E-state index in [1.165, 1.54) is 6.20 Å². The molecule has 2 unspecified atom stereocenters. The number of amides is 1. The molecule has 1 saturated heterocycles. The van der Waals surface area contributed by atoms with E-state index < -0.39 is 0 Å². The fourth-order valence-corrected chi connectivity index (χ4v) is 2.12. The van der Waals surface area contributed by atoms with Crippen LogP contribution in [0.5, 0.6) is 0 Å². The maximum Gasteiger partial charge on any atom is 0.276 e. The molecule has 1 fully saturated rings. The SMILES string of the molecule is CC1CN(C(=O)c2cn[nH]n2)CC(CBr)O1. The number of morpholine rings is 1. The lowest BCUT2D eigenvalue weighted by Crippen LogP contribution is -2.49. The zero-order chi connectivity index (χ0) is 11.5. The molecule has 2 rings (SSSR count). The summed E-state index contributed by atoms with van der Waals surface area (Å²) in [5, 5.41) is 10.6. The molecule has 7 heteroatoms. The summed E-state index contributed by atoms with van der Waals surface area (Å²) in [5.41, 5.74) is 0.349. The average Bonchev–Trinajstić information content (AvgIpc) is 2.80. The molecule has 1 amide bonds. The highest BCUT2D eigenvalue weighted by molar-refractivity contribution is 9.09. The lowest BCUT2D eigenvalue weighted by Gasteiger charge is -2.35. The molecule has 0 saturated carbocycles. The second-order valence-electron chi connectivity index (χ2n) is 3.79. The number of hydrogen-bond acceptors (Lipinski definition) is 4. The zero-order valence-corrected chi connectivity index (χ0v) is 10.5. The first kappa shape index (κ1) is 11.5. The third-order valence-corrected chi connectivity index (χ3v) is 3.14. The molecule has 0 aromatic carbocycles. The quantitative estimate of drug-likeness (QED) is 0.801. The van der Waals surface area contributed by atoms with Crippen molar-refractivity contribution in [2.24, 2.45) is 0 Å². The van der Waals surface area contributed by atoms with Crippen LogP contribution in [-0.2, 0) is 4.74 Å². The highest BCUT2D eigenvalue weighted by atomic mass is 79.9. The molecule has 1 aromatic heterocycles. The van der Waals surface area contributed by atoms with Crippen LogP contribution in [0.4, 0.5) is 0 Å². The van der Waals surface area contributed by atoms with Crippen LogP contribution in [0.1, 0.15) is 17.4 Å². The smallest absolute Gasteiger partial charge is 0.276 e. The average molecular weight is 289 g/mol. The fourth-order valence-electron chi connectivity index (χ4n) is 1.76. The molecule has 1 aromatic rings. The number of hydrogen-bond donors (Lipinski definition) is 1. The van der Waals surface area contributed by atoms with Gasteiger partial charge in [0.15, 0.2) is 5.69 Å². The number of ether oxygens (including phenoxy) is 1. The van der Waals surface area contributed by atoms with Gasteiger partial charge in [-0.2, -0.15) is 15.4 Å². The monoisotopic (exact) mass is 288 g/mol. The Bertz CT molecular complexity index is 356. The minimum Gasteiger partial charge on any atom is -0.371 e. The van der Waals surface area contributed by atoms with Gasteiger partial charge in [-0.15, -0.1) is 0 Å². The Morgan fingerprint density at radius 1 is 1.75 bits per heavy atom. The standard InChI is InChI=1S/C9H13BrN4O2/c1-6-4-14(5-7(2-10)16-6)9(15)8-3-11-13-12-8/h3,6-7H,2,4-5H2,1H3,(H,11,12,13). The van der Waals surface area contributed by atoms with Gasteiger partial charge in [0, 0.05) is 18.4 Å². The maximum absolute atomic E-state index is 12.0. The van der Waals surface area contributed by atoms with Crippen LogP contribution in [0.15, 0.2) is 6.20 Å². The Morgan fingerprint density at radius 3 is 3.19 bits per heavy atom. The van der Waals surface area contributed by atoms with Gasteiger partial charge in [-0.25, -0.2) is 0 Å². The van der Waals surface area contributed by atoms with Crippen molar-refractivity contribution in [3.05, 3.63) is 11.9 Å². The summed E-state index contributed by atoms with van der Waals surface area (Å²) in [7, 11) is 0. The first-order chi connectivity index (χ1) is 7.70. The zero-order valence-electron chi connectivity index (χ0n) is 8.89. The molecule has 0 radical (unpaired) electrons. The van der Waals surface area contributed by atoms with Crippen molar-refractivity contribution >= 4 is 21.8 Å². The third-order valence-electron chi connectivity index (χ3n) is 2.42. The van der Waals surface area contributed by atoms with Gasteiger partial charge in [-0.1, -0.05) is 15.9 Å². The summed E-state index contributed by atoms with van der Waals surface area (Å²) in [4.78, 5) is 13.7. The molecule has 2 heterocycles. The Kier molecular flexibility index (Phi) is 3.55. The van der Waals surface area contributed by atoms with Gasteiger partial charge in [-0.05, 0) is 6.92 Å². The molecular formula is C9H13BrN4O2. The van der Waals surface area contributed by atoms with Gasteiger partial charge in [-0.3, -0.25) is 4.79 Å². The molecule has 6 nitrogen and oxygen atoms in total. The van der Waals surface area contributed by atoms with E-state index in [1.807, 2.05) is 6.92 Å². The number of aromatic amines is 1. The second kappa shape index (κ2) is 4.92. The van der Waals surface area contributed by atoms with Gasteiger partial charge in [0.05, 0.1) is 18.4 Å². The van der Waals surface area contributed by atoms with Crippen LogP contribution in [-0.4, -0.2) is 56.8 Å². The molecule has 88 valence electrons. The van der Waals surface area contributed by atoms with Crippen molar-refractivity contribution in [3.63, 3.8) is 0 Å². The van der Waals surface area contributed by atoms with E-state index in [1.54, 1.807) is 4.90 Å². The number of nitrogens with zero attached hydrogens (tertiary/aromatic N) is 3. The lowest BCUT2D eigenvalue weighted by molar-refractivity contribution is -0.0561. The molecule has 1 N–H and O–H groups in total. The van der Waals surface area contributed by atoms with Crippen molar-refractivity contribution in [1.82, 2.24) is 20.3 Å². The van der Waals surface area contributed by atoms with Gasteiger partial charge in [0.2, 0.25) is 0 Å².